The highest BCUT2D eigenvalue weighted by Gasteiger charge is 2.12. The van der Waals surface area contributed by atoms with Crippen molar-refractivity contribution in [1.29, 1.82) is 0 Å². The minimum Gasteiger partial charge on any atom is -0.408 e. The average molecular weight is 293 g/mol. The molecule has 20 heavy (non-hydrogen) atoms. The van der Waals surface area contributed by atoms with Gasteiger partial charge in [-0.2, -0.15) is 0 Å². The van der Waals surface area contributed by atoms with Gasteiger partial charge in [-0.1, -0.05) is 17.7 Å². The predicted octanol–water partition coefficient (Wildman–Crippen LogP) is 3.02. The second-order valence-corrected chi connectivity index (χ2v) is 4.85. The maximum atomic E-state index is 13.8. The largest absolute Gasteiger partial charge is 0.420 e. The van der Waals surface area contributed by atoms with Crippen LogP contribution in [0.2, 0.25) is 5.02 Å². The number of oxazole rings is 1. The van der Waals surface area contributed by atoms with Crippen molar-refractivity contribution in [3.05, 3.63) is 63.4 Å². The highest BCUT2D eigenvalue weighted by atomic mass is 35.5. The molecular formula is C14H10ClFN2O2. The summed E-state index contributed by atoms with van der Waals surface area (Å²) < 4.78 is 20.2. The Morgan fingerprint density at radius 1 is 1.25 bits per heavy atom. The number of halogens is 2. The Bertz CT molecular complexity index is 854. The van der Waals surface area contributed by atoms with Crippen LogP contribution in [0.5, 0.6) is 0 Å². The van der Waals surface area contributed by atoms with Crippen LogP contribution in [0.4, 0.5) is 10.1 Å². The normalized spacial score (nSPS) is 11.1. The van der Waals surface area contributed by atoms with Crippen LogP contribution < -0.4 is 11.5 Å². The van der Waals surface area contributed by atoms with Crippen molar-refractivity contribution in [1.82, 2.24) is 4.57 Å². The molecule has 0 aliphatic carbocycles. The van der Waals surface area contributed by atoms with E-state index in [1.165, 1.54) is 10.6 Å². The zero-order valence-electron chi connectivity index (χ0n) is 10.3. The molecule has 1 heterocycles. The Kier molecular flexibility index (Phi) is 2.99. The Morgan fingerprint density at radius 2 is 2.05 bits per heavy atom. The van der Waals surface area contributed by atoms with E-state index in [1.807, 2.05) is 0 Å². The second-order valence-electron chi connectivity index (χ2n) is 4.42. The van der Waals surface area contributed by atoms with Gasteiger partial charge in [-0.3, -0.25) is 4.57 Å². The van der Waals surface area contributed by atoms with Crippen molar-refractivity contribution in [3.63, 3.8) is 0 Å². The van der Waals surface area contributed by atoms with Gasteiger partial charge in [0.05, 0.1) is 12.1 Å². The van der Waals surface area contributed by atoms with Crippen molar-refractivity contribution in [2.24, 2.45) is 0 Å². The van der Waals surface area contributed by atoms with Crippen molar-refractivity contribution >= 4 is 28.4 Å². The average Bonchev–Trinajstić information content (AvgIpc) is 2.68. The molecular weight excluding hydrogens is 283 g/mol. The van der Waals surface area contributed by atoms with Crippen LogP contribution in [0.15, 0.2) is 45.6 Å². The summed E-state index contributed by atoms with van der Waals surface area (Å²) in [6.07, 6.45) is 0. The topological polar surface area (TPSA) is 61.2 Å². The number of anilines is 1. The van der Waals surface area contributed by atoms with Crippen LogP contribution in [0.25, 0.3) is 11.1 Å². The van der Waals surface area contributed by atoms with Gasteiger partial charge < -0.3 is 10.2 Å². The SMILES string of the molecule is Nc1ccc2c(c1)oc(=O)n2Cc1ccc(Cl)cc1F. The summed E-state index contributed by atoms with van der Waals surface area (Å²) in [5, 5.41) is 0.309. The van der Waals surface area contributed by atoms with E-state index in [9.17, 15) is 9.18 Å². The maximum Gasteiger partial charge on any atom is 0.420 e. The van der Waals surface area contributed by atoms with Crippen molar-refractivity contribution in [3.8, 4) is 0 Å². The summed E-state index contributed by atoms with van der Waals surface area (Å²) in [6.45, 7) is 0.0682. The van der Waals surface area contributed by atoms with Gasteiger partial charge in [-0.05, 0) is 24.3 Å². The minimum atomic E-state index is -0.556. The minimum absolute atomic E-state index is 0.0682. The summed E-state index contributed by atoms with van der Waals surface area (Å²) in [7, 11) is 0. The lowest BCUT2D eigenvalue weighted by Gasteiger charge is -2.04. The lowest BCUT2D eigenvalue weighted by atomic mass is 10.2. The van der Waals surface area contributed by atoms with Crippen LogP contribution in [-0.4, -0.2) is 4.57 Å². The molecule has 0 atom stereocenters. The van der Waals surface area contributed by atoms with Gasteiger partial charge in [0.2, 0.25) is 0 Å². The fourth-order valence-electron chi connectivity index (χ4n) is 2.05. The molecule has 0 saturated carbocycles. The van der Waals surface area contributed by atoms with Crippen LogP contribution in [0.1, 0.15) is 5.56 Å². The third-order valence-electron chi connectivity index (χ3n) is 3.04. The molecule has 0 saturated heterocycles. The molecule has 102 valence electrons. The Morgan fingerprint density at radius 3 is 2.80 bits per heavy atom. The van der Waals surface area contributed by atoms with E-state index in [4.69, 9.17) is 21.8 Å². The number of aromatic nitrogens is 1. The molecule has 3 aromatic rings. The summed E-state index contributed by atoms with van der Waals surface area (Å²) >= 11 is 5.70. The third-order valence-corrected chi connectivity index (χ3v) is 3.27. The number of nitrogens with two attached hydrogens (primary N) is 1. The maximum absolute atomic E-state index is 13.8. The molecule has 2 N–H and O–H groups in total. The fraction of sp³-hybridized carbons (Fsp3) is 0.0714. The third kappa shape index (κ3) is 2.16. The van der Waals surface area contributed by atoms with Crippen molar-refractivity contribution in [2.45, 2.75) is 6.54 Å². The molecule has 3 rings (SSSR count). The monoisotopic (exact) mass is 292 g/mol. The first kappa shape index (κ1) is 12.7. The van der Waals surface area contributed by atoms with Crippen LogP contribution in [0, 0.1) is 5.82 Å². The molecule has 0 fully saturated rings. The number of fused-ring (bicyclic) bond motifs is 1. The Balaban J connectivity index is 2.11. The van der Waals surface area contributed by atoms with E-state index in [1.54, 1.807) is 30.3 Å². The summed E-state index contributed by atoms with van der Waals surface area (Å²) in [4.78, 5) is 11.8. The molecule has 1 aromatic heterocycles. The van der Waals surface area contributed by atoms with Crippen LogP contribution >= 0.6 is 11.6 Å². The number of hydrogen-bond donors (Lipinski definition) is 1. The summed E-state index contributed by atoms with van der Waals surface area (Å²) in [6, 6.07) is 9.22. The van der Waals surface area contributed by atoms with E-state index < -0.39 is 11.6 Å². The molecule has 0 radical (unpaired) electrons. The highest BCUT2D eigenvalue weighted by molar-refractivity contribution is 6.30. The van der Waals surface area contributed by atoms with Gasteiger partial charge in [0.25, 0.3) is 0 Å². The first-order chi connectivity index (χ1) is 9.54. The first-order valence-electron chi connectivity index (χ1n) is 5.87. The summed E-state index contributed by atoms with van der Waals surface area (Å²) in [5.74, 6) is -1.02. The molecule has 4 nitrogen and oxygen atoms in total. The zero-order valence-corrected chi connectivity index (χ0v) is 11.0. The lowest BCUT2D eigenvalue weighted by Crippen LogP contribution is -2.15. The smallest absolute Gasteiger partial charge is 0.408 e. The van der Waals surface area contributed by atoms with Gasteiger partial charge >= 0.3 is 5.76 Å². The van der Waals surface area contributed by atoms with Gasteiger partial charge in [-0.15, -0.1) is 0 Å². The highest BCUT2D eigenvalue weighted by Crippen LogP contribution is 2.19. The van der Waals surface area contributed by atoms with Crippen LogP contribution in [-0.2, 0) is 6.54 Å². The quantitative estimate of drug-likeness (QED) is 0.739. The number of benzene rings is 2. The molecule has 0 aliphatic heterocycles. The Hall–Kier alpha value is -2.27. The lowest BCUT2D eigenvalue weighted by molar-refractivity contribution is 0.512. The Labute approximate surface area is 118 Å². The zero-order chi connectivity index (χ0) is 14.3. The standard InChI is InChI=1S/C14H10ClFN2O2/c15-9-2-1-8(11(16)5-9)7-18-12-4-3-10(17)6-13(12)20-14(18)19/h1-6H,7,17H2. The summed E-state index contributed by atoms with van der Waals surface area (Å²) in [5.41, 5.74) is 7.43. The second kappa shape index (κ2) is 4.68. The molecule has 2 aromatic carbocycles. The molecule has 0 spiro atoms. The molecule has 0 bridgehead atoms. The molecule has 6 heteroatoms. The van der Waals surface area contributed by atoms with Crippen molar-refractivity contribution in [2.75, 3.05) is 5.73 Å². The number of rotatable bonds is 2. The van der Waals surface area contributed by atoms with E-state index in [0.717, 1.165) is 0 Å². The molecule has 0 amide bonds. The van der Waals surface area contributed by atoms with Crippen LogP contribution in [0.3, 0.4) is 0 Å². The van der Waals surface area contributed by atoms with E-state index in [2.05, 4.69) is 0 Å². The first-order valence-corrected chi connectivity index (χ1v) is 6.25. The van der Waals surface area contributed by atoms with Gasteiger partial charge in [0, 0.05) is 22.3 Å². The predicted molar refractivity (Wildman–Crippen MR) is 75.4 cm³/mol. The molecule has 0 aliphatic rings. The van der Waals surface area contributed by atoms with Gasteiger partial charge in [0.15, 0.2) is 5.58 Å². The van der Waals surface area contributed by atoms with Gasteiger partial charge in [0.1, 0.15) is 5.82 Å². The fourth-order valence-corrected chi connectivity index (χ4v) is 2.21. The number of nitrogens with zero attached hydrogens (tertiary/aromatic N) is 1. The van der Waals surface area contributed by atoms with E-state index in [0.29, 0.717) is 27.4 Å². The van der Waals surface area contributed by atoms with E-state index >= 15 is 0 Å². The van der Waals surface area contributed by atoms with Gasteiger partial charge in [-0.25, -0.2) is 9.18 Å². The number of nitrogen functional groups attached to an aromatic ring is 1. The van der Waals surface area contributed by atoms with E-state index in [-0.39, 0.29) is 6.54 Å². The van der Waals surface area contributed by atoms with Crippen molar-refractivity contribution < 1.29 is 8.81 Å². The molecule has 0 unspecified atom stereocenters. The number of hydrogen-bond acceptors (Lipinski definition) is 3.